The van der Waals surface area contributed by atoms with Gasteiger partial charge in [0.1, 0.15) is 6.26 Å². The van der Waals surface area contributed by atoms with Crippen LogP contribution in [0.1, 0.15) is 44.2 Å². The van der Waals surface area contributed by atoms with Crippen LogP contribution in [0.25, 0.3) is 0 Å². The number of rotatable bonds is 9. The number of nitrogens with zero attached hydrogens (tertiary/aromatic N) is 2. The smallest absolute Gasteiger partial charge is 0.416 e. The molecule has 186 valence electrons. The molecule has 5 nitrogen and oxygen atoms in total. The van der Waals surface area contributed by atoms with Gasteiger partial charge in [-0.1, -0.05) is 72.8 Å². The van der Waals surface area contributed by atoms with E-state index in [-0.39, 0.29) is 24.7 Å². The lowest BCUT2D eigenvalue weighted by molar-refractivity contribution is -0.137. The lowest BCUT2D eigenvalue weighted by Gasteiger charge is -2.22. The summed E-state index contributed by atoms with van der Waals surface area (Å²) >= 11 is 0. The summed E-state index contributed by atoms with van der Waals surface area (Å²) in [7, 11) is 0. The highest BCUT2D eigenvalue weighted by molar-refractivity contribution is 5.91. The zero-order valence-corrected chi connectivity index (χ0v) is 19.8. The number of aryl methyl sites for hydroxylation is 1. The number of hydrogen-bond donors (Lipinski definition) is 1. The van der Waals surface area contributed by atoms with Crippen molar-refractivity contribution in [1.29, 1.82) is 0 Å². The Morgan fingerprint density at radius 3 is 2.39 bits per heavy atom. The molecule has 0 fully saturated rings. The van der Waals surface area contributed by atoms with Crippen molar-refractivity contribution < 1.29 is 22.4 Å². The molecule has 0 atom stereocenters. The number of carbonyl (C=O) groups is 1. The van der Waals surface area contributed by atoms with Crippen molar-refractivity contribution in [2.45, 2.75) is 39.3 Å². The largest absolute Gasteiger partial charge is 0.447 e. The van der Waals surface area contributed by atoms with Crippen LogP contribution in [0, 0.1) is 6.92 Å². The third kappa shape index (κ3) is 6.82. The van der Waals surface area contributed by atoms with Gasteiger partial charge in [0, 0.05) is 19.6 Å². The number of aromatic nitrogens is 1. The van der Waals surface area contributed by atoms with Crippen LogP contribution in [0.15, 0.2) is 89.5 Å². The average molecular weight is 494 g/mol. The Balaban J connectivity index is 1.49. The number of amides is 1. The molecule has 0 aliphatic carbocycles. The van der Waals surface area contributed by atoms with Gasteiger partial charge in [0.25, 0.3) is 5.91 Å². The number of oxazole rings is 1. The maximum absolute atomic E-state index is 13.2. The van der Waals surface area contributed by atoms with E-state index >= 15 is 0 Å². The molecule has 4 aromatic rings. The zero-order chi connectivity index (χ0) is 25.5. The van der Waals surface area contributed by atoms with Crippen molar-refractivity contribution >= 4 is 5.91 Å². The van der Waals surface area contributed by atoms with E-state index in [1.165, 1.54) is 12.3 Å². The van der Waals surface area contributed by atoms with Crippen LogP contribution in [-0.2, 0) is 32.4 Å². The van der Waals surface area contributed by atoms with Crippen molar-refractivity contribution in [3.05, 3.63) is 125 Å². The van der Waals surface area contributed by atoms with E-state index in [0.29, 0.717) is 24.5 Å². The summed E-state index contributed by atoms with van der Waals surface area (Å²) in [6.45, 7) is 3.28. The van der Waals surface area contributed by atoms with Gasteiger partial charge >= 0.3 is 6.18 Å². The Kier molecular flexibility index (Phi) is 7.85. The summed E-state index contributed by atoms with van der Waals surface area (Å²) in [5, 5.41) is 2.81. The Labute approximate surface area is 207 Å². The van der Waals surface area contributed by atoms with Crippen LogP contribution in [0.2, 0.25) is 0 Å². The first-order valence-corrected chi connectivity index (χ1v) is 11.5. The molecule has 36 heavy (non-hydrogen) atoms. The van der Waals surface area contributed by atoms with Crippen molar-refractivity contribution in [2.75, 3.05) is 0 Å². The summed E-state index contributed by atoms with van der Waals surface area (Å²) in [5.41, 5.74) is 3.04. The summed E-state index contributed by atoms with van der Waals surface area (Å²) in [6.07, 6.45) is -3.12. The van der Waals surface area contributed by atoms with Crippen LogP contribution in [0.4, 0.5) is 13.2 Å². The SMILES string of the molecule is Cc1ccccc1CN(Cc1cccc(C(F)(F)F)c1)Cc1nc(C(=O)NCc2ccccc2)co1. The maximum Gasteiger partial charge on any atom is 0.416 e. The molecule has 3 aromatic carbocycles. The van der Waals surface area contributed by atoms with E-state index in [1.54, 1.807) is 6.07 Å². The predicted octanol–water partition coefficient (Wildman–Crippen LogP) is 6.13. The molecule has 0 saturated carbocycles. The highest BCUT2D eigenvalue weighted by Gasteiger charge is 2.30. The minimum atomic E-state index is -4.42. The molecule has 4 rings (SSSR count). The number of nitrogens with one attached hydrogen (secondary N) is 1. The molecule has 0 radical (unpaired) electrons. The Morgan fingerprint density at radius 2 is 1.64 bits per heavy atom. The van der Waals surface area contributed by atoms with Gasteiger partial charge in [-0.05, 0) is 35.2 Å². The molecule has 0 aliphatic rings. The van der Waals surface area contributed by atoms with E-state index in [9.17, 15) is 18.0 Å². The van der Waals surface area contributed by atoms with E-state index in [0.717, 1.165) is 28.8 Å². The minimum absolute atomic E-state index is 0.149. The molecular formula is C28H26F3N3O2. The van der Waals surface area contributed by atoms with Gasteiger partial charge in [0.15, 0.2) is 5.69 Å². The summed E-state index contributed by atoms with van der Waals surface area (Å²) < 4.78 is 45.2. The average Bonchev–Trinajstić information content (AvgIpc) is 3.33. The molecule has 0 spiro atoms. The molecule has 1 N–H and O–H groups in total. The molecule has 0 bridgehead atoms. The van der Waals surface area contributed by atoms with Crippen LogP contribution in [0.5, 0.6) is 0 Å². The van der Waals surface area contributed by atoms with E-state index in [4.69, 9.17) is 4.42 Å². The molecule has 1 heterocycles. The minimum Gasteiger partial charge on any atom is -0.447 e. The maximum atomic E-state index is 13.2. The van der Waals surface area contributed by atoms with Gasteiger partial charge in [0.2, 0.25) is 5.89 Å². The normalized spacial score (nSPS) is 11.6. The second-order valence-electron chi connectivity index (χ2n) is 8.56. The van der Waals surface area contributed by atoms with Crippen LogP contribution in [-0.4, -0.2) is 15.8 Å². The fourth-order valence-corrected chi connectivity index (χ4v) is 3.85. The number of benzene rings is 3. The van der Waals surface area contributed by atoms with Crippen LogP contribution in [0.3, 0.4) is 0 Å². The number of alkyl halides is 3. The standard InChI is InChI=1S/C28H26F3N3O2/c1-20-8-5-6-12-23(20)17-34(16-22-11-7-13-24(14-22)28(29,30)31)18-26-33-25(19-36-26)27(35)32-15-21-9-3-2-4-10-21/h2-14,19H,15-18H2,1H3,(H,32,35). The van der Waals surface area contributed by atoms with E-state index in [1.807, 2.05) is 66.4 Å². The van der Waals surface area contributed by atoms with Crippen molar-refractivity contribution in [3.63, 3.8) is 0 Å². The Bertz CT molecular complexity index is 1300. The summed E-state index contributed by atoms with van der Waals surface area (Å²) in [5.74, 6) is -0.0578. The highest BCUT2D eigenvalue weighted by atomic mass is 19.4. The van der Waals surface area contributed by atoms with Gasteiger partial charge < -0.3 is 9.73 Å². The molecule has 1 aromatic heterocycles. The van der Waals surface area contributed by atoms with Crippen molar-refractivity contribution in [2.24, 2.45) is 0 Å². The first kappa shape index (κ1) is 25.2. The molecule has 1 amide bonds. The molecule has 8 heteroatoms. The van der Waals surface area contributed by atoms with Gasteiger partial charge in [-0.25, -0.2) is 4.98 Å². The zero-order valence-electron chi connectivity index (χ0n) is 19.8. The summed E-state index contributed by atoms with van der Waals surface area (Å²) in [6, 6.07) is 22.6. The Morgan fingerprint density at radius 1 is 0.917 bits per heavy atom. The number of hydrogen-bond acceptors (Lipinski definition) is 4. The summed E-state index contributed by atoms with van der Waals surface area (Å²) in [4.78, 5) is 18.8. The lowest BCUT2D eigenvalue weighted by Crippen LogP contribution is -2.24. The van der Waals surface area contributed by atoms with Gasteiger partial charge in [-0.3, -0.25) is 9.69 Å². The second kappa shape index (κ2) is 11.2. The number of halogens is 3. The fourth-order valence-electron chi connectivity index (χ4n) is 3.85. The molecule has 0 unspecified atom stereocenters. The molecule has 0 saturated heterocycles. The van der Waals surface area contributed by atoms with Gasteiger partial charge in [-0.15, -0.1) is 0 Å². The number of carbonyl (C=O) groups excluding carboxylic acids is 1. The molecular weight excluding hydrogens is 467 g/mol. The Hall–Kier alpha value is -3.91. The van der Waals surface area contributed by atoms with Gasteiger partial charge in [0.05, 0.1) is 12.1 Å². The van der Waals surface area contributed by atoms with Crippen LogP contribution < -0.4 is 5.32 Å². The first-order chi connectivity index (χ1) is 17.3. The predicted molar refractivity (Wildman–Crippen MR) is 130 cm³/mol. The lowest BCUT2D eigenvalue weighted by atomic mass is 10.1. The first-order valence-electron chi connectivity index (χ1n) is 11.5. The third-order valence-electron chi connectivity index (χ3n) is 5.75. The third-order valence-corrected chi connectivity index (χ3v) is 5.75. The second-order valence-corrected chi connectivity index (χ2v) is 8.56. The monoisotopic (exact) mass is 493 g/mol. The topological polar surface area (TPSA) is 58.4 Å². The quantitative estimate of drug-likeness (QED) is 0.305. The van der Waals surface area contributed by atoms with E-state index < -0.39 is 11.7 Å². The van der Waals surface area contributed by atoms with Crippen molar-refractivity contribution in [1.82, 2.24) is 15.2 Å². The molecule has 0 aliphatic heterocycles. The van der Waals surface area contributed by atoms with Crippen molar-refractivity contribution in [3.8, 4) is 0 Å². The van der Waals surface area contributed by atoms with E-state index in [2.05, 4.69) is 10.3 Å². The highest BCUT2D eigenvalue weighted by Crippen LogP contribution is 2.30. The van der Waals surface area contributed by atoms with Gasteiger partial charge in [-0.2, -0.15) is 13.2 Å². The fraction of sp³-hybridized carbons (Fsp3) is 0.214. The van der Waals surface area contributed by atoms with Crippen LogP contribution >= 0.6 is 0 Å².